The summed E-state index contributed by atoms with van der Waals surface area (Å²) in [5, 5.41) is 2.94. The van der Waals surface area contributed by atoms with Crippen LogP contribution < -0.4 is 14.8 Å². The third-order valence-electron chi connectivity index (χ3n) is 6.20. The lowest BCUT2D eigenvalue weighted by Gasteiger charge is -2.24. The van der Waals surface area contributed by atoms with Crippen molar-refractivity contribution in [1.82, 2.24) is 5.32 Å². The summed E-state index contributed by atoms with van der Waals surface area (Å²) in [6, 6.07) is 27.6. The van der Waals surface area contributed by atoms with Gasteiger partial charge in [-0.15, -0.1) is 0 Å². The highest BCUT2D eigenvalue weighted by atomic mass is 16.6. The molecule has 0 spiro atoms. The van der Waals surface area contributed by atoms with E-state index in [1.807, 2.05) is 93.6 Å². The van der Waals surface area contributed by atoms with Crippen molar-refractivity contribution in [3.63, 3.8) is 0 Å². The third kappa shape index (κ3) is 13.0. The van der Waals surface area contributed by atoms with Crippen LogP contribution in [0.2, 0.25) is 0 Å². The Morgan fingerprint density at radius 2 is 1.25 bits per heavy atom. The second-order valence-electron chi connectivity index (χ2n) is 10.9. The third-order valence-corrected chi connectivity index (χ3v) is 6.20. The van der Waals surface area contributed by atoms with Gasteiger partial charge >= 0.3 is 6.09 Å². The Kier molecular flexibility index (Phi) is 13.4. The van der Waals surface area contributed by atoms with Gasteiger partial charge in [-0.3, -0.25) is 0 Å². The van der Waals surface area contributed by atoms with Crippen molar-refractivity contribution in [3.05, 3.63) is 96.1 Å². The second-order valence-corrected chi connectivity index (χ2v) is 10.9. The molecule has 1 amide bonds. The predicted molar refractivity (Wildman–Crippen MR) is 160 cm³/mol. The highest BCUT2D eigenvalue weighted by Crippen LogP contribution is 2.19. The van der Waals surface area contributed by atoms with Crippen molar-refractivity contribution in [2.45, 2.75) is 77.5 Å². The summed E-state index contributed by atoms with van der Waals surface area (Å²) in [6.45, 7) is 7.95. The van der Waals surface area contributed by atoms with Gasteiger partial charge in [-0.05, 0) is 69.0 Å². The molecule has 6 nitrogen and oxygen atoms in total. The van der Waals surface area contributed by atoms with Gasteiger partial charge in [0.25, 0.3) is 0 Å². The Hall–Kier alpha value is -3.51. The minimum atomic E-state index is -0.540. The van der Waals surface area contributed by atoms with Crippen LogP contribution in [0, 0.1) is 0 Å². The Balaban J connectivity index is 1.21. The van der Waals surface area contributed by atoms with E-state index in [9.17, 15) is 4.79 Å². The number of benzene rings is 3. The Bertz CT molecular complexity index is 1080. The van der Waals surface area contributed by atoms with Crippen molar-refractivity contribution >= 4 is 6.09 Å². The smallest absolute Gasteiger partial charge is 0.408 e. The van der Waals surface area contributed by atoms with E-state index in [1.54, 1.807) is 0 Å². The molecule has 0 aliphatic heterocycles. The average Bonchev–Trinajstić information content (AvgIpc) is 2.95. The van der Waals surface area contributed by atoms with Crippen LogP contribution in [0.25, 0.3) is 0 Å². The fourth-order valence-corrected chi connectivity index (χ4v) is 4.13. The summed E-state index contributed by atoms with van der Waals surface area (Å²) in [5.41, 5.74) is 1.62. The number of hydrogen-bond acceptors (Lipinski definition) is 5. The molecule has 0 bridgehead atoms. The number of ether oxygens (including phenoxy) is 4. The van der Waals surface area contributed by atoms with Crippen molar-refractivity contribution < 1.29 is 23.7 Å². The molecule has 3 aromatic carbocycles. The lowest BCUT2D eigenvalue weighted by atomic mass is 10.1. The van der Waals surface area contributed by atoms with Crippen molar-refractivity contribution in [2.75, 3.05) is 19.8 Å². The highest BCUT2D eigenvalue weighted by Gasteiger charge is 2.20. The number of unbranched alkanes of at least 4 members (excludes halogenated alkanes) is 5. The van der Waals surface area contributed by atoms with Crippen LogP contribution in [-0.4, -0.2) is 31.5 Å². The monoisotopic (exact) mass is 547 g/mol. The summed E-state index contributed by atoms with van der Waals surface area (Å²) in [6.07, 6.45) is 6.24. The SMILES string of the molecule is CC(C)(C)OC(=O)N[C@H](COCCCCCCCCOc1ccc(OCc2ccccc2)cc1)c1ccccc1. The van der Waals surface area contributed by atoms with Gasteiger partial charge in [0.05, 0.1) is 19.3 Å². The maximum Gasteiger partial charge on any atom is 0.408 e. The van der Waals surface area contributed by atoms with E-state index in [-0.39, 0.29) is 6.04 Å². The van der Waals surface area contributed by atoms with Crippen LogP contribution in [0.15, 0.2) is 84.9 Å². The Morgan fingerprint density at radius 3 is 1.88 bits per heavy atom. The standard InChI is InChI=1S/C34H45NO5/c1-34(2,3)40-33(36)35-32(29-18-12-9-13-19-29)27-37-24-14-6-4-5-7-15-25-38-30-20-22-31(23-21-30)39-26-28-16-10-8-11-17-28/h8-13,16-23,32H,4-7,14-15,24-27H2,1-3H3,(H,35,36)/t32-/m1/s1. The van der Waals surface area contributed by atoms with Gasteiger partial charge < -0.3 is 24.3 Å². The molecular weight excluding hydrogens is 502 g/mol. The normalized spacial score (nSPS) is 12.0. The Labute approximate surface area is 240 Å². The van der Waals surface area contributed by atoms with Gasteiger partial charge in [-0.2, -0.15) is 0 Å². The lowest BCUT2D eigenvalue weighted by Crippen LogP contribution is -2.36. The van der Waals surface area contributed by atoms with Gasteiger partial charge in [0.1, 0.15) is 23.7 Å². The van der Waals surface area contributed by atoms with E-state index in [2.05, 4.69) is 17.4 Å². The first-order valence-electron chi connectivity index (χ1n) is 14.4. The number of hydrogen-bond donors (Lipinski definition) is 1. The first kappa shape index (κ1) is 31.0. The van der Waals surface area contributed by atoms with Gasteiger partial charge in [-0.25, -0.2) is 4.79 Å². The van der Waals surface area contributed by atoms with E-state index in [0.717, 1.165) is 54.9 Å². The molecule has 40 heavy (non-hydrogen) atoms. The zero-order valence-electron chi connectivity index (χ0n) is 24.3. The minimum absolute atomic E-state index is 0.242. The second kappa shape index (κ2) is 17.2. The topological polar surface area (TPSA) is 66.0 Å². The average molecular weight is 548 g/mol. The zero-order valence-corrected chi connectivity index (χ0v) is 24.3. The number of carbonyl (C=O) groups is 1. The minimum Gasteiger partial charge on any atom is -0.494 e. The molecule has 0 aromatic heterocycles. The van der Waals surface area contributed by atoms with Gasteiger partial charge in [0, 0.05) is 6.61 Å². The number of rotatable bonds is 17. The summed E-state index contributed by atoms with van der Waals surface area (Å²) in [7, 11) is 0. The molecule has 1 atom stereocenters. The number of carbonyl (C=O) groups excluding carboxylic acids is 1. The molecule has 0 radical (unpaired) electrons. The first-order chi connectivity index (χ1) is 19.4. The molecule has 0 aliphatic carbocycles. The summed E-state index contributed by atoms with van der Waals surface area (Å²) in [4.78, 5) is 12.3. The number of amides is 1. The summed E-state index contributed by atoms with van der Waals surface area (Å²) < 4.78 is 23.1. The Morgan fingerprint density at radius 1 is 0.700 bits per heavy atom. The number of nitrogens with one attached hydrogen (secondary N) is 1. The van der Waals surface area contributed by atoms with E-state index in [4.69, 9.17) is 18.9 Å². The van der Waals surface area contributed by atoms with Crippen LogP contribution in [0.4, 0.5) is 4.79 Å². The van der Waals surface area contributed by atoms with Gasteiger partial charge in [-0.1, -0.05) is 86.3 Å². The van der Waals surface area contributed by atoms with E-state index < -0.39 is 11.7 Å². The highest BCUT2D eigenvalue weighted by molar-refractivity contribution is 5.68. The van der Waals surface area contributed by atoms with E-state index in [1.165, 1.54) is 12.8 Å². The van der Waals surface area contributed by atoms with Crippen LogP contribution in [0.1, 0.15) is 76.5 Å². The number of alkyl carbamates (subject to hydrolysis) is 1. The van der Waals surface area contributed by atoms with E-state index in [0.29, 0.717) is 19.8 Å². The van der Waals surface area contributed by atoms with Crippen molar-refractivity contribution in [1.29, 1.82) is 0 Å². The van der Waals surface area contributed by atoms with Gasteiger partial charge in [0.2, 0.25) is 0 Å². The van der Waals surface area contributed by atoms with Crippen molar-refractivity contribution in [2.24, 2.45) is 0 Å². The van der Waals surface area contributed by atoms with Crippen LogP contribution in [0.5, 0.6) is 11.5 Å². The molecule has 0 aliphatic rings. The van der Waals surface area contributed by atoms with Crippen molar-refractivity contribution in [3.8, 4) is 11.5 Å². The fourth-order valence-electron chi connectivity index (χ4n) is 4.13. The quantitative estimate of drug-likeness (QED) is 0.172. The molecular formula is C34H45NO5. The molecule has 3 rings (SSSR count). The molecule has 0 saturated heterocycles. The molecule has 6 heteroatoms. The van der Waals surface area contributed by atoms with Crippen LogP contribution in [-0.2, 0) is 16.1 Å². The maximum atomic E-state index is 12.3. The van der Waals surface area contributed by atoms with E-state index >= 15 is 0 Å². The molecule has 3 aromatic rings. The molecule has 0 heterocycles. The molecule has 0 unspecified atom stereocenters. The fraction of sp³-hybridized carbons (Fsp3) is 0.441. The maximum absolute atomic E-state index is 12.3. The lowest BCUT2D eigenvalue weighted by molar-refractivity contribution is 0.0438. The largest absolute Gasteiger partial charge is 0.494 e. The molecule has 216 valence electrons. The first-order valence-corrected chi connectivity index (χ1v) is 14.4. The summed E-state index contributed by atoms with van der Waals surface area (Å²) >= 11 is 0. The van der Waals surface area contributed by atoms with Crippen LogP contribution in [0.3, 0.4) is 0 Å². The summed E-state index contributed by atoms with van der Waals surface area (Å²) in [5.74, 6) is 1.72. The van der Waals surface area contributed by atoms with Gasteiger partial charge in [0.15, 0.2) is 0 Å². The predicted octanol–water partition coefficient (Wildman–Crippen LogP) is 8.27. The van der Waals surface area contributed by atoms with Crippen LogP contribution >= 0.6 is 0 Å². The molecule has 0 saturated carbocycles. The zero-order chi connectivity index (χ0) is 28.5. The molecule has 0 fully saturated rings. The molecule has 1 N–H and O–H groups in total.